The predicted octanol–water partition coefficient (Wildman–Crippen LogP) is 5.80. The second-order valence-electron chi connectivity index (χ2n) is 13.2. The molecule has 1 aromatic carbocycles. The number of benzene rings is 1. The van der Waals surface area contributed by atoms with Gasteiger partial charge in [-0.05, 0) is 87.8 Å². The van der Waals surface area contributed by atoms with Crippen molar-refractivity contribution >= 4 is 40.1 Å². The molecule has 1 amide bonds. The molecule has 0 radical (unpaired) electrons. The highest BCUT2D eigenvalue weighted by Gasteiger charge is 2.54. The van der Waals surface area contributed by atoms with Crippen LogP contribution in [0.5, 0.6) is 11.5 Å². The second kappa shape index (κ2) is 11.4. The topological polar surface area (TPSA) is 114 Å². The maximum atomic E-state index is 12.9. The zero-order chi connectivity index (χ0) is 32.1. The third-order valence-electron chi connectivity index (χ3n) is 8.49. The second-order valence-corrected chi connectivity index (χ2v) is 13.2. The summed E-state index contributed by atoms with van der Waals surface area (Å²) in [6, 6.07) is 13.8. The highest BCUT2D eigenvalue weighted by atomic mass is 16.6. The molecule has 4 aromatic heterocycles. The van der Waals surface area contributed by atoms with E-state index in [1.54, 1.807) is 6.33 Å². The molecular formula is C34H40N9O3+. The first-order valence-electron chi connectivity index (χ1n) is 15.9. The molecule has 1 aliphatic carbocycles. The average molecular weight is 623 g/mol. The fraction of sp³-hybridized carbons (Fsp3) is 0.412. The van der Waals surface area contributed by atoms with Crippen LogP contribution in [0.25, 0.3) is 16.7 Å². The molecule has 7 rings (SSSR count). The highest BCUT2D eigenvalue weighted by Crippen LogP contribution is 2.45. The van der Waals surface area contributed by atoms with Crippen LogP contribution in [0.4, 0.5) is 22.1 Å². The molecule has 1 saturated carbocycles. The lowest BCUT2D eigenvalue weighted by atomic mass is 10.1. The number of fused-ring (bicyclic) bond motifs is 2. The van der Waals surface area contributed by atoms with Gasteiger partial charge in [-0.25, -0.2) is 19.7 Å². The Balaban J connectivity index is 1.07. The molecule has 12 heteroatoms. The van der Waals surface area contributed by atoms with Gasteiger partial charge in [0.1, 0.15) is 41.3 Å². The molecule has 1 saturated heterocycles. The smallest absolute Gasteiger partial charge is 0.410 e. The maximum Gasteiger partial charge on any atom is 0.410 e. The molecule has 1 N–H and O–H groups in total. The molecule has 0 atom stereocenters. The van der Waals surface area contributed by atoms with Gasteiger partial charge < -0.3 is 19.7 Å². The molecule has 5 heterocycles. The minimum atomic E-state index is -0.521. The number of hydrogen-bond acceptors (Lipinski definition) is 9. The largest absolute Gasteiger partial charge is 0.457 e. The molecule has 1 aliphatic heterocycles. The fourth-order valence-electron chi connectivity index (χ4n) is 6.07. The van der Waals surface area contributed by atoms with E-state index in [1.165, 1.54) is 0 Å². The Morgan fingerprint density at radius 2 is 1.91 bits per heavy atom. The molecule has 12 nitrogen and oxygen atoms in total. The van der Waals surface area contributed by atoms with Crippen molar-refractivity contribution in [2.24, 2.45) is 0 Å². The number of carbonyl (C=O) groups excluding carboxylic acids is 1. The molecule has 2 fully saturated rings. The Morgan fingerprint density at radius 3 is 2.67 bits per heavy atom. The molecule has 2 aliphatic rings. The Bertz CT molecular complexity index is 1930. The van der Waals surface area contributed by atoms with Crippen LogP contribution in [0.3, 0.4) is 0 Å². The summed E-state index contributed by atoms with van der Waals surface area (Å²) >= 11 is 0. The van der Waals surface area contributed by atoms with E-state index in [4.69, 9.17) is 14.5 Å². The number of nitrogens with one attached hydrogen (secondary N) is 1. The Kier molecular flexibility index (Phi) is 7.37. The van der Waals surface area contributed by atoms with Crippen LogP contribution in [0.2, 0.25) is 0 Å². The van der Waals surface area contributed by atoms with Gasteiger partial charge in [0.15, 0.2) is 5.82 Å². The SMILES string of the molecule is CCC[n+]1cnc2cc(Oc3ccc(Nc4ncnc5ccc(N6CCN(C(=O)OC(C)(C)C)C7(CC7)C6)nc45)cc3C)ccn21. The lowest BCUT2D eigenvalue weighted by Gasteiger charge is -2.42. The number of carbonyl (C=O) groups is 1. The van der Waals surface area contributed by atoms with Crippen molar-refractivity contribution in [2.45, 2.75) is 71.6 Å². The first-order valence-corrected chi connectivity index (χ1v) is 15.9. The first-order chi connectivity index (χ1) is 22.1. The normalized spacial score (nSPS) is 15.8. The van der Waals surface area contributed by atoms with Gasteiger partial charge >= 0.3 is 12.4 Å². The van der Waals surface area contributed by atoms with Gasteiger partial charge in [0.25, 0.3) is 5.65 Å². The number of ether oxygens (including phenoxy) is 2. The summed E-state index contributed by atoms with van der Waals surface area (Å²) in [5.41, 5.74) is 3.39. The third kappa shape index (κ3) is 5.86. The average Bonchev–Trinajstić information content (AvgIpc) is 3.66. The van der Waals surface area contributed by atoms with E-state index in [0.29, 0.717) is 31.0 Å². The van der Waals surface area contributed by atoms with Gasteiger partial charge in [-0.1, -0.05) is 6.92 Å². The summed E-state index contributed by atoms with van der Waals surface area (Å²) in [5, 5.41) is 3.45. The Labute approximate surface area is 268 Å². The maximum absolute atomic E-state index is 12.9. The van der Waals surface area contributed by atoms with Crippen LogP contribution < -0.4 is 19.6 Å². The van der Waals surface area contributed by atoms with Gasteiger partial charge in [-0.3, -0.25) is 4.90 Å². The molecule has 238 valence electrons. The molecular weight excluding hydrogens is 582 g/mol. The van der Waals surface area contributed by atoms with E-state index in [1.807, 2.05) is 92.1 Å². The summed E-state index contributed by atoms with van der Waals surface area (Å²) in [5.74, 6) is 2.95. The van der Waals surface area contributed by atoms with Crippen molar-refractivity contribution in [3.8, 4) is 11.5 Å². The van der Waals surface area contributed by atoms with Crippen LogP contribution in [-0.4, -0.2) is 66.2 Å². The lowest BCUT2D eigenvalue weighted by Crippen LogP contribution is -2.58. The number of anilines is 3. The summed E-state index contributed by atoms with van der Waals surface area (Å²) in [4.78, 5) is 35.7. The number of pyridine rings is 2. The van der Waals surface area contributed by atoms with E-state index in [-0.39, 0.29) is 11.6 Å². The molecule has 1 spiro atoms. The zero-order valence-electron chi connectivity index (χ0n) is 27.0. The van der Waals surface area contributed by atoms with E-state index in [9.17, 15) is 4.79 Å². The monoisotopic (exact) mass is 622 g/mol. The van der Waals surface area contributed by atoms with Crippen LogP contribution >= 0.6 is 0 Å². The Morgan fingerprint density at radius 1 is 1.07 bits per heavy atom. The van der Waals surface area contributed by atoms with E-state index >= 15 is 0 Å². The van der Waals surface area contributed by atoms with E-state index in [0.717, 1.165) is 65.5 Å². The molecule has 46 heavy (non-hydrogen) atoms. The van der Waals surface area contributed by atoms with Crippen molar-refractivity contribution < 1.29 is 19.0 Å². The lowest BCUT2D eigenvalue weighted by molar-refractivity contribution is -0.761. The summed E-state index contributed by atoms with van der Waals surface area (Å²) in [6.07, 6.45) is 8.09. The number of aromatic nitrogens is 6. The van der Waals surface area contributed by atoms with Crippen LogP contribution in [0.15, 0.2) is 61.3 Å². The van der Waals surface area contributed by atoms with Crippen LogP contribution in [-0.2, 0) is 11.3 Å². The van der Waals surface area contributed by atoms with Crippen molar-refractivity contribution in [1.29, 1.82) is 0 Å². The van der Waals surface area contributed by atoms with Crippen LogP contribution in [0.1, 0.15) is 52.5 Å². The van der Waals surface area contributed by atoms with E-state index < -0.39 is 5.60 Å². The number of aryl methyl sites for hydroxylation is 2. The Hall–Kier alpha value is -5.00. The molecule has 0 unspecified atom stereocenters. The number of nitrogens with zero attached hydrogens (tertiary/aromatic N) is 8. The van der Waals surface area contributed by atoms with Crippen molar-refractivity contribution in [3.05, 3.63) is 66.9 Å². The first kappa shape index (κ1) is 29.7. The minimum Gasteiger partial charge on any atom is -0.457 e. The van der Waals surface area contributed by atoms with Crippen LogP contribution in [0, 0.1) is 6.92 Å². The van der Waals surface area contributed by atoms with Crippen molar-refractivity contribution in [3.63, 3.8) is 0 Å². The van der Waals surface area contributed by atoms with E-state index in [2.05, 4.69) is 36.8 Å². The van der Waals surface area contributed by atoms with Gasteiger partial charge in [0.2, 0.25) is 0 Å². The number of amides is 1. The molecule has 0 bridgehead atoms. The molecule has 5 aromatic rings. The number of hydrogen-bond donors (Lipinski definition) is 1. The summed E-state index contributed by atoms with van der Waals surface area (Å²) in [7, 11) is 0. The predicted molar refractivity (Wildman–Crippen MR) is 175 cm³/mol. The highest BCUT2D eigenvalue weighted by molar-refractivity contribution is 5.88. The van der Waals surface area contributed by atoms with Gasteiger partial charge in [0, 0.05) is 31.4 Å². The zero-order valence-corrected chi connectivity index (χ0v) is 27.0. The van der Waals surface area contributed by atoms with Crippen molar-refractivity contribution in [1.82, 2.24) is 29.4 Å². The number of rotatable bonds is 7. The van der Waals surface area contributed by atoms with Gasteiger partial charge in [-0.15, -0.1) is 4.52 Å². The fourth-order valence-corrected chi connectivity index (χ4v) is 6.07. The third-order valence-corrected chi connectivity index (χ3v) is 8.49. The standard InChI is InChI=1S/C34H40N9O3/c1-6-14-41-22-37-29-19-25(11-15-43(29)41)45-27-9-7-24(18-23(27)2)38-31-30-26(35-21-36-31)8-10-28(39-30)40-16-17-42(34(20-40)12-13-34)32(44)46-33(3,4)5/h7-11,15,18-19,21-22H,6,12-14,16-17,20H2,1-5H3,(H,35,36,38)/q+1. The minimum absolute atomic E-state index is 0.200. The van der Waals surface area contributed by atoms with Crippen molar-refractivity contribution in [2.75, 3.05) is 29.9 Å². The quantitative estimate of drug-likeness (QED) is 0.225. The summed E-state index contributed by atoms with van der Waals surface area (Å²) < 4.78 is 16.1. The number of piperazine rings is 1. The van der Waals surface area contributed by atoms with Gasteiger partial charge in [-0.2, -0.15) is 4.68 Å². The van der Waals surface area contributed by atoms with Gasteiger partial charge in [0.05, 0.1) is 23.3 Å². The summed E-state index contributed by atoms with van der Waals surface area (Å²) in [6.45, 7) is 12.8.